The van der Waals surface area contributed by atoms with Crippen LogP contribution < -0.4 is 15.0 Å². The molecule has 2 heterocycles. The van der Waals surface area contributed by atoms with Gasteiger partial charge in [0.2, 0.25) is 0 Å². The molecule has 0 bridgehead atoms. The molecular weight excluding hydrogens is 328 g/mol. The molecule has 1 aliphatic rings. The standard InChI is InChI=1S/C21H20N2O3/c1-14-9-15(2)11-17(10-14)16-3-5-18(6-4-16)25-13-19-12-23-8-7-20(24)22-21(23)26-19/h3-11,19H,12-13H2,1-2H3. The molecule has 0 saturated heterocycles. The van der Waals surface area contributed by atoms with Crippen molar-refractivity contribution in [3.63, 3.8) is 0 Å². The smallest absolute Gasteiger partial charge is 0.300 e. The van der Waals surface area contributed by atoms with Gasteiger partial charge < -0.3 is 9.47 Å². The maximum Gasteiger partial charge on any atom is 0.300 e. The first-order valence-electron chi connectivity index (χ1n) is 8.62. The summed E-state index contributed by atoms with van der Waals surface area (Å²) in [5.41, 5.74) is 4.59. The second kappa shape index (κ2) is 6.67. The van der Waals surface area contributed by atoms with Gasteiger partial charge in [0.05, 0.1) is 6.54 Å². The van der Waals surface area contributed by atoms with E-state index in [1.807, 2.05) is 16.7 Å². The second-order valence-corrected chi connectivity index (χ2v) is 6.65. The van der Waals surface area contributed by atoms with Crippen LogP contribution in [0.3, 0.4) is 0 Å². The summed E-state index contributed by atoms with van der Waals surface area (Å²) < 4.78 is 13.3. The van der Waals surface area contributed by atoms with E-state index in [9.17, 15) is 4.79 Å². The molecule has 0 aliphatic carbocycles. The maximum absolute atomic E-state index is 11.3. The third-order valence-corrected chi connectivity index (χ3v) is 4.37. The van der Waals surface area contributed by atoms with E-state index in [1.165, 1.54) is 22.8 Å². The molecule has 0 saturated carbocycles. The molecule has 4 rings (SSSR count). The number of nitrogens with zero attached hydrogens (tertiary/aromatic N) is 2. The van der Waals surface area contributed by atoms with Crippen LogP contribution in [0.15, 0.2) is 59.5 Å². The molecule has 1 aliphatic heterocycles. The fraction of sp³-hybridized carbons (Fsp3) is 0.238. The van der Waals surface area contributed by atoms with Crippen molar-refractivity contribution in [1.29, 1.82) is 0 Å². The van der Waals surface area contributed by atoms with E-state index in [1.54, 1.807) is 6.20 Å². The summed E-state index contributed by atoms with van der Waals surface area (Å²) in [5.74, 6) is 0.792. The lowest BCUT2D eigenvalue weighted by Crippen LogP contribution is -2.23. The monoisotopic (exact) mass is 348 g/mol. The molecule has 132 valence electrons. The van der Waals surface area contributed by atoms with Gasteiger partial charge >= 0.3 is 0 Å². The van der Waals surface area contributed by atoms with Crippen LogP contribution in [-0.2, 0) is 6.54 Å². The summed E-state index contributed by atoms with van der Waals surface area (Å²) in [6.07, 6.45) is 1.55. The number of fused-ring (bicyclic) bond motifs is 1. The summed E-state index contributed by atoms with van der Waals surface area (Å²) in [6.45, 7) is 5.25. The molecular formula is C21H20N2O3. The molecule has 0 fully saturated rings. The molecule has 1 aromatic heterocycles. The molecule has 3 aromatic rings. The van der Waals surface area contributed by atoms with Crippen LogP contribution in [0.4, 0.5) is 0 Å². The molecule has 1 atom stereocenters. The summed E-state index contributed by atoms with van der Waals surface area (Å²) in [5, 5.41) is 0. The fourth-order valence-corrected chi connectivity index (χ4v) is 3.21. The van der Waals surface area contributed by atoms with Crippen LogP contribution in [0.2, 0.25) is 0 Å². The number of rotatable bonds is 4. The van der Waals surface area contributed by atoms with E-state index in [0.29, 0.717) is 19.2 Å². The van der Waals surface area contributed by atoms with Crippen LogP contribution in [-0.4, -0.2) is 22.3 Å². The van der Waals surface area contributed by atoms with Crippen LogP contribution >= 0.6 is 0 Å². The molecule has 0 radical (unpaired) electrons. The minimum Gasteiger partial charge on any atom is -0.490 e. The van der Waals surface area contributed by atoms with Gasteiger partial charge in [-0.15, -0.1) is 0 Å². The molecule has 1 unspecified atom stereocenters. The van der Waals surface area contributed by atoms with Gasteiger partial charge in [-0.05, 0) is 37.1 Å². The Hall–Kier alpha value is -3.08. The minimum atomic E-state index is -0.292. The Morgan fingerprint density at radius 2 is 1.81 bits per heavy atom. The van der Waals surface area contributed by atoms with Gasteiger partial charge in [0.25, 0.3) is 11.6 Å². The Kier molecular flexibility index (Phi) is 4.21. The van der Waals surface area contributed by atoms with Crippen molar-refractivity contribution in [3.05, 3.63) is 76.2 Å². The zero-order chi connectivity index (χ0) is 18.1. The summed E-state index contributed by atoms with van der Waals surface area (Å²) in [7, 11) is 0. The van der Waals surface area contributed by atoms with Gasteiger partial charge in [0.1, 0.15) is 12.4 Å². The molecule has 0 N–H and O–H groups in total. The molecule has 0 amide bonds. The van der Waals surface area contributed by atoms with Crippen molar-refractivity contribution >= 4 is 0 Å². The summed E-state index contributed by atoms with van der Waals surface area (Å²) in [4.78, 5) is 15.1. The minimum absolute atomic E-state index is 0.150. The number of benzene rings is 2. The van der Waals surface area contributed by atoms with Crippen molar-refractivity contribution < 1.29 is 9.47 Å². The predicted molar refractivity (Wildman–Crippen MR) is 99.8 cm³/mol. The van der Waals surface area contributed by atoms with Gasteiger partial charge in [0, 0.05) is 12.3 Å². The first-order valence-corrected chi connectivity index (χ1v) is 8.62. The number of ether oxygens (including phenoxy) is 2. The highest BCUT2D eigenvalue weighted by Gasteiger charge is 2.23. The Bertz CT molecular complexity index is 973. The van der Waals surface area contributed by atoms with Crippen molar-refractivity contribution in [1.82, 2.24) is 9.55 Å². The van der Waals surface area contributed by atoms with Gasteiger partial charge in [-0.25, -0.2) is 0 Å². The molecule has 5 nitrogen and oxygen atoms in total. The zero-order valence-corrected chi connectivity index (χ0v) is 14.8. The zero-order valence-electron chi connectivity index (χ0n) is 14.8. The van der Waals surface area contributed by atoms with Gasteiger partial charge in [-0.1, -0.05) is 41.5 Å². The Morgan fingerprint density at radius 1 is 1.08 bits per heavy atom. The van der Waals surface area contributed by atoms with E-state index in [2.05, 4.69) is 49.2 Å². The highest BCUT2D eigenvalue weighted by molar-refractivity contribution is 5.65. The lowest BCUT2D eigenvalue weighted by molar-refractivity contribution is 0.143. The molecule has 0 spiro atoms. The maximum atomic E-state index is 11.3. The Labute approximate surface area is 151 Å². The summed E-state index contributed by atoms with van der Waals surface area (Å²) >= 11 is 0. The lowest BCUT2D eigenvalue weighted by Gasteiger charge is -2.12. The normalized spacial score (nSPS) is 15.4. The second-order valence-electron chi connectivity index (χ2n) is 6.65. The van der Waals surface area contributed by atoms with Crippen molar-refractivity contribution in [2.24, 2.45) is 0 Å². The van der Waals surface area contributed by atoms with Gasteiger partial charge in [-0.2, -0.15) is 4.98 Å². The lowest BCUT2D eigenvalue weighted by atomic mass is 10.0. The third-order valence-electron chi connectivity index (χ3n) is 4.37. The average molecular weight is 348 g/mol. The predicted octanol–water partition coefficient (Wildman–Crippen LogP) is 3.37. The summed E-state index contributed by atoms with van der Waals surface area (Å²) in [6, 6.07) is 16.4. The molecule has 26 heavy (non-hydrogen) atoms. The highest BCUT2D eigenvalue weighted by Crippen LogP contribution is 2.25. The Balaban J connectivity index is 1.40. The van der Waals surface area contributed by atoms with E-state index in [0.717, 1.165) is 11.3 Å². The van der Waals surface area contributed by atoms with Gasteiger partial charge in [-0.3, -0.25) is 9.36 Å². The van der Waals surface area contributed by atoms with Crippen LogP contribution in [0, 0.1) is 13.8 Å². The highest BCUT2D eigenvalue weighted by atomic mass is 16.6. The van der Waals surface area contributed by atoms with E-state index in [4.69, 9.17) is 9.47 Å². The Morgan fingerprint density at radius 3 is 2.54 bits per heavy atom. The topological polar surface area (TPSA) is 53.4 Å². The van der Waals surface area contributed by atoms with E-state index < -0.39 is 0 Å². The first-order chi connectivity index (χ1) is 12.6. The number of hydrogen-bond acceptors (Lipinski definition) is 4. The van der Waals surface area contributed by atoms with Crippen molar-refractivity contribution in [2.45, 2.75) is 26.5 Å². The molecule has 2 aromatic carbocycles. The van der Waals surface area contributed by atoms with Gasteiger partial charge in [0.15, 0.2) is 6.10 Å². The average Bonchev–Trinajstić information content (AvgIpc) is 3.01. The van der Waals surface area contributed by atoms with Crippen LogP contribution in [0.1, 0.15) is 11.1 Å². The SMILES string of the molecule is Cc1cc(C)cc(-c2ccc(OCC3Cn4ccc(=O)nc4O3)cc2)c1. The van der Waals surface area contributed by atoms with Crippen LogP contribution in [0.5, 0.6) is 11.8 Å². The molecule has 5 heteroatoms. The largest absolute Gasteiger partial charge is 0.490 e. The van der Waals surface area contributed by atoms with Crippen LogP contribution in [0.25, 0.3) is 11.1 Å². The van der Waals surface area contributed by atoms with Crippen molar-refractivity contribution in [2.75, 3.05) is 6.61 Å². The fourth-order valence-electron chi connectivity index (χ4n) is 3.21. The first kappa shape index (κ1) is 16.4. The third kappa shape index (κ3) is 3.47. The van der Waals surface area contributed by atoms with Crippen molar-refractivity contribution in [3.8, 4) is 22.9 Å². The number of aryl methyl sites for hydroxylation is 2. The number of hydrogen-bond donors (Lipinski definition) is 0. The van der Waals surface area contributed by atoms with E-state index >= 15 is 0 Å². The quantitative estimate of drug-likeness (QED) is 0.725. The number of aromatic nitrogens is 2. The van der Waals surface area contributed by atoms with E-state index in [-0.39, 0.29) is 11.7 Å².